The van der Waals surface area contributed by atoms with Crippen molar-refractivity contribution in [2.45, 2.75) is 53.5 Å². The van der Waals surface area contributed by atoms with Crippen molar-refractivity contribution in [2.24, 2.45) is 11.3 Å². The van der Waals surface area contributed by atoms with Gasteiger partial charge in [-0.25, -0.2) is 0 Å². The molecule has 4 nitrogen and oxygen atoms in total. The van der Waals surface area contributed by atoms with Crippen LogP contribution in [-0.2, 0) is 6.42 Å². The van der Waals surface area contributed by atoms with E-state index < -0.39 is 0 Å². The Bertz CT molecular complexity index is 449. The van der Waals surface area contributed by atoms with Crippen LogP contribution in [0.15, 0.2) is 24.3 Å². The van der Waals surface area contributed by atoms with Gasteiger partial charge in [-0.1, -0.05) is 46.8 Å². The number of nitrogens with one attached hydrogen (secondary N) is 1. The summed E-state index contributed by atoms with van der Waals surface area (Å²) >= 11 is 0. The van der Waals surface area contributed by atoms with Crippen LogP contribution in [0.5, 0.6) is 0 Å². The van der Waals surface area contributed by atoms with Crippen molar-refractivity contribution in [3.05, 3.63) is 39.9 Å². The maximum atomic E-state index is 10.7. The lowest BCUT2D eigenvalue weighted by atomic mass is 9.78. The molecule has 1 N–H and O–H groups in total. The summed E-state index contributed by atoms with van der Waals surface area (Å²) in [5.74, 6) is 0.611. The third-order valence-electron chi connectivity index (χ3n) is 4.24. The highest BCUT2D eigenvalue weighted by molar-refractivity contribution is 5.33. The minimum absolute atomic E-state index is 0.154. The van der Waals surface area contributed by atoms with Gasteiger partial charge in [0, 0.05) is 18.2 Å². The zero-order valence-corrected chi connectivity index (χ0v) is 13.8. The molecule has 0 aromatic heterocycles. The minimum Gasteiger partial charge on any atom is -0.314 e. The molecule has 4 heteroatoms. The Morgan fingerprint density at radius 1 is 1.24 bits per heavy atom. The first kappa shape index (κ1) is 17.6. The smallest absolute Gasteiger partial charge is 0.269 e. The maximum absolute atomic E-state index is 10.7. The molecular formula is C17H28N2O2. The monoisotopic (exact) mass is 292 g/mol. The Morgan fingerprint density at radius 2 is 1.81 bits per heavy atom. The predicted molar refractivity (Wildman–Crippen MR) is 87.5 cm³/mol. The van der Waals surface area contributed by atoms with E-state index >= 15 is 0 Å². The zero-order chi connectivity index (χ0) is 16.0. The first-order chi connectivity index (χ1) is 9.74. The van der Waals surface area contributed by atoms with Crippen LogP contribution in [0.1, 0.15) is 46.6 Å². The second-order valence-electron chi connectivity index (χ2n) is 6.89. The van der Waals surface area contributed by atoms with E-state index in [0.717, 1.165) is 24.9 Å². The van der Waals surface area contributed by atoms with Gasteiger partial charge in [0.1, 0.15) is 0 Å². The van der Waals surface area contributed by atoms with Gasteiger partial charge in [0.2, 0.25) is 0 Å². The fourth-order valence-corrected chi connectivity index (χ4v) is 2.35. The highest BCUT2D eigenvalue weighted by Crippen LogP contribution is 2.29. The molecule has 0 fully saturated rings. The first-order valence-corrected chi connectivity index (χ1v) is 7.70. The van der Waals surface area contributed by atoms with Crippen molar-refractivity contribution >= 4 is 5.69 Å². The van der Waals surface area contributed by atoms with Crippen molar-refractivity contribution < 1.29 is 4.92 Å². The van der Waals surface area contributed by atoms with Crippen LogP contribution in [0.2, 0.25) is 0 Å². The van der Waals surface area contributed by atoms with Crippen LogP contribution >= 0.6 is 0 Å². The Hall–Kier alpha value is -1.42. The molecule has 118 valence electrons. The quantitative estimate of drug-likeness (QED) is 0.605. The summed E-state index contributed by atoms with van der Waals surface area (Å²) in [6.07, 6.45) is 2.01. The molecule has 0 radical (unpaired) electrons. The summed E-state index contributed by atoms with van der Waals surface area (Å²) in [6.45, 7) is 12.2. The van der Waals surface area contributed by atoms with E-state index in [9.17, 15) is 10.1 Å². The van der Waals surface area contributed by atoms with Gasteiger partial charge in [0.05, 0.1) is 4.92 Å². The molecule has 0 amide bonds. The fraction of sp³-hybridized carbons (Fsp3) is 0.647. The van der Waals surface area contributed by atoms with Crippen LogP contribution in [0.4, 0.5) is 5.69 Å². The van der Waals surface area contributed by atoms with Gasteiger partial charge in [0.15, 0.2) is 0 Å². The molecule has 0 spiro atoms. The third-order valence-corrected chi connectivity index (χ3v) is 4.24. The van der Waals surface area contributed by atoms with Crippen molar-refractivity contribution in [1.29, 1.82) is 0 Å². The summed E-state index contributed by atoms with van der Waals surface area (Å²) in [5.41, 5.74) is 1.60. The molecule has 0 aliphatic carbocycles. The van der Waals surface area contributed by atoms with Gasteiger partial charge >= 0.3 is 0 Å². The van der Waals surface area contributed by atoms with Crippen molar-refractivity contribution in [1.82, 2.24) is 5.32 Å². The number of non-ortho nitro benzene ring substituents is 1. The Kier molecular flexibility index (Phi) is 6.34. The summed E-state index contributed by atoms with van der Waals surface area (Å²) in [6, 6.07) is 7.32. The number of rotatable bonds is 7. The molecule has 21 heavy (non-hydrogen) atoms. The number of nitrogens with zero attached hydrogens (tertiary/aromatic N) is 1. The average molecular weight is 292 g/mol. The predicted octanol–water partition coefficient (Wildman–Crippen LogP) is 4.19. The lowest BCUT2D eigenvalue weighted by Crippen LogP contribution is -2.35. The lowest BCUT2D eigenvalue weighted by Gasteiger charge is -2.31. The molecule has 0 saturated heterocycles. The molecule has 1 aromatic carbocycles. The molecule has 0 aliphatic rings. The average Bonchev–Trinajstić information content (AvgIpc) is 2.38. The van der Waals surface area contributed by atoms with E-state index in [1.807, 2.05) is 12.1 Å². The second kappa shape index (κ2) is 7.55. The largest absolute Gasteiger partial charge is 0.314 e. The van der Waals surface area contributed by atoms with Crippen LogP contribution in [-0.4, -0.2) is 17.5 Å². The van der Waals surface area contributed by atoms with Gasteiger partial charge < -0.3 is 5.32 Å². The number of hydrogen-bond acceptors (Lipinski definition) is 3. The number of benzene rings is 1. The van der Waals surface area contributed by atoms with Crippen LogP contribution in [0, 0.1) is 21.4 Å². The molecule has 0 saturated carbocycles. The van der Waals surface area contributed by atoms with Crippen molar-refractivity contribution in [3.63, 3.8) is 0 Å². The topological polar surface area (TPSA) is 55.2 Å². The summed E-state index contributed by atoms with van der Waals surface area (Å²) in [7, 11) is 0. The highest BCUT2D eigenvalue weighted by Gasteiger charge is 2.23. The second-order valence-corrected chi connectivity index (χ2v) is 6.89. The Labute approximate surface area is 128 Å². The Morgan fingerprint density at radius 3 is 2.24 bits per heavy atom. The maximum Gasteiger partial charge on any atom is 0.269 e. The number of likely N-dealkylation sites (N-methyl/N-ethyl adjacent to an activating group) is 1. The van der Waals surface area contributed by atoms with Gasteiger partial charge in [0.25, 0.3) is 5.69 Å². The van der Waals surface area contributed by atoms with E-state index in [1.54, 1.807) is 12.1 Å². The summed E-state index contributed by atoms with van der Waals surface area (Å²) < 4.78 is 0. The molecule has 1 aromatic rings. The number of nitro groups is 1. The standard InChI is InChI=1S/C17H28N2O2/c1-6-18-15(11-13(2)17(3,4)5)12-14-7-9-16(10-8-14)19(20)21/h7-10,13,15,18H,6,11-12H2,1-5H3. The van der Waals surface area contributed by atoms with Crippen LogP contribution in [0.25, 0.3) is 0 Å². The van der Waals surface area contributed by atoms with E-state index in [2.05, 4.69) is 39.9 Å². The molecule has 2 unspecified atom stereocenters. The van der Waals surface area contributed by atoms with Crippen LogP contribution in [0.3, 0.4) is 0 Å². The molecule has 0 bridgehead atoms. The molecule has 0 aliphatic heterocycles. The number of hydrogen-bond donors (Lipinski definition) is 1. The lowest BCUT2D eigenvalue weighted by molar-refractivity contribution is -0.384. The number of nitro benzene ring substituents is 1. The molecule has 1 rings (SSSR count). The molecule has 2 atom stereocenters. The zero-order valence-electron chi connectivity index (χ0n) is 13.8. The third kappa shape index (κ3) is 5.84. The summed E-state index contributed by atoms with van der Waals surface area (Å²) in [4.78, 5) is 10.3. The SMILES string of the molecule is CCNC(Cc1ccc([N+](=O)[O-])cc1)CC(C)C(C)(C)C. The van der Waals surface area contributed by atoms with Crippen molar-refractivity contribution in [3.8, 4) is 0 Å². The fourth-order valence-electron chi connectivity index (χ4n) is 2.35. The van der Waals surface area contributed by atoms with Gasteiger partial charge in [-0.15, -0.1) is 0 Å². The summed E-state index contributed by atoms with van der Waals surface area (Å²) in [5, 5.41) is 14.2. The van der Waals surface area contributed by atoms with E-state index in [-0.39, 0.29) is 10.6 Å². The van der Waals surface area contributed by atoms with Gasteiger partial charge in [-0.05, 0) is 36.3 Å². The van der Waals surface area contributed by atoms with Crippen LogP contribution < -0.4 is 5.32 Å². The van der Waals surface area contributed by atoms with E-state index in [0.29, 0.717) is 17.4 Å². The first-order valence-electron chi connectivity index (χ1n) is 7.70. The van der Waals surface area contributed by atoms with E-state index in [1.165, 1.54) is 0 Å². The van der Waals surface area contributed by atoms with Crippen molar-refractivity contribution in [2.75, 3.05) is 6.54 Å². The Balaban J connectivity index is 2.71. The van der Waals surface area contributed by atoms with E-state index in [4.69, 9.17) is 0 Å². The minimum atomic E-state index is -0.354. The normalized spacial score (nSPS) is 14.7. The molecular weight excluding hydrogens is 264 g/mol. The van der Waals surface area contributed by atoms with Gasteiger partial charge in [-0.3, -0.25) is 10.1 Å². The molecule has 0 heterocycles. The van der Waals surface area contributed by atoms with Gasteiger partial charge in [-0.2, -0.15) is 0 Å². The highest BCUT2D eigenvalue weighted by atomic mass is 16.6.